The average Bonchev–Trinajstić information content (AvgIpc) is 2.84. The highest BCUT2D eigenvalue weighted by Crippen LogP contribution is 2.25. The van der Waals surface area contributed by atoms with Crippen molar-refractivity contribution in [3.05, 3.63) is 46.2 Å². The van der Waals surface area contributed by atoms with E-state index in [0.29, 0.717) is 0 Å². The molecule has 0 bridgehead atoms. The third-order valence-corrected chi connectivity index (χ3v) is 3.53. The fourth-order valence-corrected chi connectivity index (χ4v) is 2.47. The van der Waals surface area contributed by atoms with Crippen LogP contribution in [0.4, 0.5) is 0 Å². The Hall–Kier alpha value is -1.33. The maximum Gasteiger partial charge on any atom is 0.133 e. The summed E-state index contributed by atoms with van der Waals surface area (Å²) in [6, 6.07) is 8.13. The predicted octanol–water partition coefficient (Wildman–Crippen LogP) is 2.81. The zero-order chi connectivity index (χ0) is 13.7. The van der Waals surface area contributed by atoms with Gasteiger partial charge in [0.25, 0.3) is 0 Å². The van der Waals surface area contributed by atoms with Gasteiger partial charge in [0.05, 0.1) is 23.8 Å². The second-order valence-corrected chi connectivity index (χ2v) is 5.08. The number of ether oxygens (including phenoxy) is 1. The number of aromatic nitrogens is 2. The first kappa shape index (κ1) is 14.1. The molecule has 0 amide bonds. The number of benzene rings is 1. The Bertz CT molecular complexity index is 539. The summed E-state index contributed by atoms with van der Waals surface area (Å²) in [5.74, 6) is 0.845. The normalized spacial score (nSPS) is 10.7. The first-order valence-electron chi connectivity index (χ1n) is 6.28. The molecule has 0 radical (unpaired) electrons. The van der Waals surface area contributed by atoms with Gasteiger partial charge in [0.1, 0.15) is 5.75 Å². The van der Waals surface area contributed by atoms with Crippen molar-refractivity contribution in [1.29, 1.82) is 0 Å². The minimum absolute atomic E-state index is 0.760. The van der Waals surface area contributed by atoms with E-state index < -0.39 is 0 Å². The Balaban J connectivity index is 2.12. The largest absolute Gasteiger partial charge is 0.496 e. The van der Waals surface area contributed by atoms with Crippen molar-refractivity contribution in [2.24, 2.45) is 0 Å². The molecule has 0 aliphatic rings. The van der Waals surface area contributed by atoms with Crippen LogP contribution in [0.1, 0.15) is 18.2 Å². The fourth-order valence-electron chi connectivity index (χ4n) is 1.89. The van der Waals surface area contributed by atoms with E-state index in [2.05, 4.69) is 45.4 Å². The van der Waals surface area contributed by atoms with Crippen molar-refractivity contribution in [3.63, 3.8) is 0 Å². The number of nitrogens with one attached hydrogen (secondary N) is 1. The minimum Gasteiger partial charge on any atom is -0.496 e. The van der Waals surface area contributed by atoms with Gasteiger partial charge in [0, 0.05) is 12.7 Å². The molecule has 102 valence electrons. The maximum absolute atomic E-state index is 5.23. The van der Waals surface area contributed by atoms with E-state index in [9.17, 15) is 0 Å². The van der Waals surface area contributed by atoms with E-state index in [1.165, 1.54) is 11.3 Å². The number of halogens is 1. The van der Waals surface area contributed by atoms with Crippen molar-refractivity contribution in [3.8, 4) is 5.75 Å². The van der Waals surface area contributed by atoms with Crippen LogP contribution in [0.15, 0.2) is 34.9 Å². The Kier molecular flexibility index (Phi) is 4.99. The molecule has 0 atom stereocenters. The minimum atomic E-state index is 0.760. The van der Waals surface area contributed by atoms with Crippen molar-refractivity contribution >= 4 is 15.9 Å². The highest BCUT2D eigenvalue weighted by molar-refractivity contribution is 9.10. The van der Waals surface area contributed by atoms with Crippen molar-refractivity contribution < 1.29 is 4.74 Å². The summed E-state index contributed by atoms with van der Waals surface area (Å²) in [5, 5.41) is 7.68. The number of hydrogen-bond donors (Lipinski definition) is 1. The van der Waals surface area contributed by atoms with Gasteiger partial charge in [-0.15, -0.1) is 0 Å². The van der Waals surface area contributed by atoms with E-state index in [-0.39, 0.29) is 0 Å². The van der Waals surface area contributed by atoms with Crippen LogP contribution < -0.4 is 10.1 Å². The van der Waals surface area contributed by atoms with Gasteiger partial charge in [-0.1, -0.05) is 13.0 Å². The van der Waals surface area contributed by atoms with Gasteiger partial charge in [-0.05, 0) is 46.2 Å². The van der Waals surface area contributed by atoms with Crippen molar-refractivity contribution in [2.75, 3.05) is 13.7 Å². The summed E-state index contributed by atoms with van der Waals surface area (Å²) in [6.07, 6.45) is 1.84. The molecule has 0 saturated heterocycles. The Morgan fingerprint density at radius 2 is 2.21 bits per heavy atom. The molecule has 0 fully saturated rings. The number of rotatable bonds is 6. The average molecular weight is 324 g/mol. The van der Waals surface area contributed by atoms with Gasteiger partial charge in [-0.25, -0.2) is 0 Å². The molecule has 0 aliphatic heterocycles. The molecule has 1 aromatic heterocycles. The van der Waals surface area contributed by atoms with Crippen LogP contribution in [0.2, 0.25) is 0 Å². The van der Waals surface area contributed by atoms with Crippen LogP contribution in [-0.2, 0) is 13.1 Å². The second kappa shape index (κ2) is 6.73. The molecule has 0 unspecified atom stereocenters. The van der Waals surface area contributed by atoms with Gasteiger partial charge >= 0.3 is 0 Å². The third-order valence-electron chi connectivity index (χ3n) is 2.91. The Morgan fingerprint density at radius 1 is 1.37 bits per heavy atom. The quantitative estimate of drug-likeness (QED) is 0.888. The zero-order valence-corrected chi connectivity index (χ0v) is 12.8. The lowest BCUT2D eigenvalue weighted by molar-refractivity contribution is 0.412. The molecule has 1 N–H and O–H groups in total. The first-order valence-corrected chi connectivity index (χ1v) is 7.07. The molecule has 2 rings (SSSR count). The second-order valence-electron chi connectivity index (χ2n) is 4.23. The van der Waals surface area contributed by atoms with Gasteiger partial charge < -0.3 is 10.1 Å². The summed E-state index contributed by atoms with van der Waals surface area (Å²) in [4.78, 5) is 0. The van der Waals surface area contributed by atoms with Gasteiger partial charge in [0.2, 0.25) is 0 Å². The molecule has 1 aromatic carbocycles. The summed E-state index contributed by atoms with van der Waals surface area (Å²) < 4.78 is 8.21. The molecular formula is C14H18BrN3O. The molecule has 1 heterocycles. The predicted molar refractivity (Wildman–Crippen MR) is 79.4 cm³/mol. The lowest BCUT2D eigenvalue weighted by Crippen LogP contribution is -2.16. The van der Waals surface area contributed by atoms with E-state index >= 15 is 0 Å². The van der Waals surface area contributed by atoms with Crippen LogP contribution in [-0.4, -0.2) is 23.4 Å². The zero-order valence-electron chi connectivity index (χ0n) is 11.2. The lowest BCUT2D eigenvalue weighted by Gasteiger charge is -2.10. The molecule has 19 heavy (non-hydrogen) atoms. The molecule has 4 nitrogen and oxygen atoms in total. The van der Waals surface area contributed by atoms with E-state index in [1.807, 2.05) is 23.0 Å². The van der Waals surface area contributed by atoms with E-state index in [0.717, 1.165) is 29.9 Å². The topological polar surface area (TPSA) is 39.1 Å². The van der Waals surface area contributed by atoms with E-state index in [1.54, 1.807) is 7.11 Å². The van der Waals surface area contributed by atoms with Crippen LogP contribution in [0, 0.1) is 0 Å². The van der Waals surface area contributed by atoms with Crippen molar-refractivity contribution in [1.82, 2.24) is 15.1 Å². The number of hydrogen-bond acceptors (Lipinski definition) is 3. The molecule has 0 saturated carbocycles. The number of nitrogens with zero attached hydrogens (tertiary/aromatic N) is 2. The Labute approximate surface area is 121 Å². The molecule has 0 aliphatic carbocycles. The van der Waals surface area contributed by atoms with Crippen LogP contribution >= 0.6 is 15.9 Å². The van der Waals surface area contributed by atoms with Crippen LogP contribution in [0.25, 0.3) is 0 Å². The summed E-state index contributed by atoms with van der Waals surface area (Å²) in [5.41, 5.74) is 2.38. The smallest absolute Gasteiger partial charge is 0.133 e. The van der Waals surface area contributed by atoms with Crippen LogP contribution in [0.3, 0.4) is 0 Å². The molecule has 2 aromatic rings. The van der Waals surface area contributed by atoms with E-state index in [4.69, 9.17) is 4.74 Å². The Morgan fingerprint density at radius 3 is 2.89 bits per heavy atom. The van der Waals surface area contributed by atoms with Crippen LogP contribution in [0.5, 0.6) is 5.75 Å². The fraction of sp³-hybridized carbons (Fsp3) is 0.357. The van der Waals surface area contributed by atoms with Crippen molar-refractivity contribution in [2.45, 2.75) is 20.0 Å². The van der Waals surface area contributed by atoms with Gasteiger partial charge in [0.15, 0.2) is 0 Å². The highest BCUT2D eigenvalue weighted by atomic mass is 79.9. The summed E-state index contributed by atoms with van der Waals surface area (Å²) in [7, 11) is 1.67. The summed E-state index contributed by atoms with van der Waals surface area (Å²) in [6.45, 7) is 4.66. The molecule has 0 spiro atoms. The monoisotopic (exact) mass is 323 g/mol. The van der Waals surface area contributed by atoms with Gasteiger partial charge in [-0.3, -0.25) is 4.68 Å². The standard InChI is InChI=1S/C14H18BrN3O/c1-3-16-9-12-6-7-17-18(12)10-11-4-5-14(19-2)13(15)8-11/h4-8,16H,3,9-10H2,1-2H3. The first-order chi connectivity index (χ1) is 9.24. The SMILES string of the molecule is CCNCc1ccnn1Cc1ccc(OC)c(Br)c1. The highest BCUT2D eigenvalue weighted by Gasteiger charge is 2.05. The lowest BCUT2D eigenvalue weighted by atomic mass is 10.2. The molecular weight excluding hydrogens is 306 g/mol. The third kappa shape index (κ3) is 3.58. The summed E-state index contributed by atoms with van der Waals surface area (Å²) >= 11 is 3.50. The maximum atomic E-state index is 5.23. The number of methoxy groups -OCH3 is 1. The molecule has 5 heteroatoms. The van der Waals surface area contributed by atoms with Gasteiger partial charge in [-0.2, -0.15) is 5.10 Å².